The molecular weight excluding hydrogens is 236 g/mol. The average Bonchev–Trinajstić information content (AvgIpc) is 2.71. The van der Waals surface area contributed by atoms with Crippen molar-refractivity contribution in [3.63, 3.8) is 0 Å². The van der Waals surface area contributed by atoms with E-state index in [1.807, 2.05) is 13.8 Å². The van der Waals surface area contributed by atoms with Crippen molar-refractivity contribution in [2.75, 3.05) is 14.2 Å². The zero-order valence-corrected chi connectivity index (χ0v) is 11.2. The molecule has 0 aliphatic carbocycles. The number of esters is 2. The van der Waals surface area contributed by atoms with Crippen LogP contribution in [0.3, 0.4) is 0 Å². The summed E-state index contributed by atoms with van der Waals surface area (Å²) < 4.78 is 14.9. The van der Waals surface area contributed by atoms with E-state index in [1.165, 1.54) is 14.2 Å². The van der Waals surface area contributed by atoms with Gasteiger partial charge in [0.15, 0.2) is 0 Å². The fourth-order valence-corrected chi connectivity index (χ4v) is 1.82. The Morgan fingerprint density at radius 1 is 1.17 bits per heavy atom. The van der Waals surface area contributed by atoms with Crippen LogP contribution in [0, 0.1) is 6.92 Å². The van der Waals surface area contributed by atoms with Crippen LogP contribution in [-0.4, -0.2) is 26.2 Å². The first kappa shape index (κ1) is 14.3. The normalized spacial score (nSPS) is 10.2. The summed E-state index contributed by atoms with van der Waals surface area (Å²) >= 11 is 0. The highest BCUT2D eigenvalue weighted by molar-refractivity contribution is 5.92. The molecule has 0 aromatic carbocycles. The lowest BCUT2D eigenvalue weighted by Gasteiger charge is -2.01. The standard InChI is InChI=1S/C13H18O5/c1-5-9-8(2)12(13(15)17-4)10(18-9)6-7-11(14)16-3/h5-7H2,1-4H3. The maximum absolute atomic E-state index is 11.7. The second-order valence-electron chi connectivity index (χ2n) is 3.87. The second-order valence-corrected chi connectivity index (χ2v) is 3.87. The number of methoxy groups -OCH3 is 2. The van der Waals surface area contributed by atoms with Gasteiger partial charge in [-0.1, -0.05) is 6.92 Å². The lowest BCUT2D eigenvalue weighted by molar-refractivity contribution is -0.140. The third-order valence-corrected chi connectivity index (χ3v) is 2.81. The lowest BCUT2D eigenvalue weighted by Crippen LogP contribution is -2.07. The first-order valence-electron chi connectivity index (χ1n) is 5.81. The van der Waals surface area contributed by atoms with Gasteiger partial charge in [0, 0.05) is 18.4 Å². The van der Waals surface area contributed by atoms with Crippen LogP contribution in [0.5, 0.6) is 0 Å². The molecule has 5 heteroatoms. The minimum Gasteiger partial charge on any atom is -0.469 e. The van der Waals surface area contributed by atoms with Gasteiger partial charge in [0.1, 0.15) is 17.1 Å². The zero-order valence-electron chi connectivity index (χ0n) is 11.2. The summed E-state index contributed by atoms with van der Waals surface area (Å²) in [6.07, 6.45) is 1.20. The van der Waals surface area contributed by atoms with Crippen LogP contribution >= 0.6 is 0 Å². The number of hydrogen-bond acceptors (Lipinski definition) is 5. The minimum atomic E-state index is -0.434. The van der Waals surface area contributed by atoms with Crippen LogP contribution in [-0.2, 0) is 27.1 Å². The van der Waals surface area contributed by atoms with E-state index in [0.29, 0.717) is 24.2 Å². The number of hydrogen-bond donors (Lipinski definition) is 0. The first-order valence-corrected chi connectivity index (χ1v) is 5.81. The molecule has 0 bridgehead atoms. The van der Waals surface area contributed by atoms with E-state index in [0.717, 1.165) is 11.3 Å². The molecule has 1 rings (SSSR count). The molecule has 0 spiro atoms. The Balaban J connectivity index is 3.02. The van der Waals surface area contributed by atoms with Gasteiger partial charge in [-0.25, -0.2) is 4.79 Å². The van der Waals surface area contributed by atoms with Gasteiger partial charge in [0.25, 0.3) is 0 Å². The Hall–Kier alpha value is -1.78. The number of furan rings is 1. The molecule has 18 heavy (non-hydrogen) atoms. The predicted octanol–water partition coefficient (Wildman–Crippen LogP) is 2.04. The van der Waals surface area contributed by atoms with E-state index in [9.17, 15) is 9.59 Å². The fraction of sp³-hybridized carbons (Fsp3) is 0.538. The van der Waals surface area contributed by atoms with Gasteiger partial charge in [0.05, 0.1) is 20.6 Å². The molecule has 0 saturated carbocycles. The van der Waals surface area contributed by atoms with Crippen molar-refractivity contribution in [2.24, 2.45) is 0 Å². The smallest absolute Gasteiger partial charge is 0.341 e. The SMILES string of the molecule is CCc1oc(CCC(=O)OC)c(C(=O)OC)c1C. The summed E-state index contributed by atoms with van der Waals surface area (Å²) in [5.74, 6) is 0.464. The molecule has 0 aliphatic rings. The molecule has 0 fully saturated rings. The molecule has 0 amide bonds. The van der Waals surface area contributed by atoms with Gasteiger partial charge in [-0.05, 0) is 6.92 Å². The third kappa shape index (κ3) is 2.91. The molecule has 100 valence electrons. The van der Waals surface area contributed by atoms with Crippen molar-refractivity contribution in [2.45, 2.75) is 33.1 Å². The van der Waals surface area contributed by atoms with Gasteiger partial charge in [-0.2, -0.15) is 0 Å². The van der Waals surface area contributed by atoms with Crippen molar-refractivity contribution >= 4 is 11.9 Å². The fourth-order valence-electron chi connectivity index (χ4n) is 1.82. The van der Waals surface area contributed by atoms with Crippen molar-refractivity contribution in [3.05, 3.63) is 22.6 Å². The Morgan fingerprint density at radius 2 is 1.83 bits per heavy atom. The highest BCUT2D eigenvalue weighted by Crippen LogP contribution is 2.24. The summed E-state index contributed by atoms with van der Waals surface area (Å²) in [5.41, 5.74) is 1.21. The van der Waals surface area contributed by atoms with E-state index in [2.05, 4.69) is 4.74 Å². The quantitative estimate of drug-likeness (QED) is 0.752. The second kappa shape index (κ2) is 6.23. The Morgan fingerprint density at radius 3 is 2.33 bits per heavy atom. The summed E-state index contributed by atoms with van der Waals surface area (Å²) in [6.45, 7) is 3.76. The van der Waals surface area contributed by atoms with E-state index in [4.69, 9.17) is 9.15 Å². The Labute approximate surface area is 106 Å². The lowest BCUT2D eigenvalue weighted by atomic mass is 10.1. The molecule has 1 aromatic rings. The molecule has 0 atom stereocenters. The first-order chi connectivity index (χ1) is 8.54. The van der Waals surface area contributed by atoms with E-state index in [-0.39, 0.29) is 12.4 Å². The maximum Gasteiger partial charge on any atom is 0.341 e. The highest BCUT2D eigenvalue weighted by Gasteiger charge is 2.23. The Bertz CT molecular complexity index is 444. The number of ether oxygens (including phenoxy) is 2. The van der Waals surface area contributed by atoms with Crippen molar-refractivity contribution in [1.82, 2.24) is 0 Å². The molecule has 1 heterocycles. The van der Waals surface area contributed by atoms with Crippen molar-refractivity contribution in [3.8, 4) is 0 Å². The van der Waals surface area contributed by atoms with Gasteiger partial charge in [0.2, 0.25) is 0 Å². The van der Waals surface area contributed by atoms with Crippen molar-refractivity contribution in [1.29, 1.82) is 0 Å². The third-order valence-electron chi connectivity index (χ3n) is 2.81. The number of carbonyl (C=O) groups excluding carboxylic acids is 2. The van der Waals surface area contributed by atoms with Crippen LogP contribution in [0.25, 0.3) is 0 Å². The largest absolute Gasteiger partial charge is 0.469 e. The van der Waals surface area contributed by atoms with Crippen LogP contribution in [0.4, 0.5) is 0 Å². The maximum atomic E-state index is 11.7. The molecule has 0 N–H and O–H groups in total. The number of aryl methyl sites for hydroxylation is 2. The summed E-state index contributed by atoms with van der Waals surface area (Å²) in [7, 11) is 2.65. The van der Waals surface area contributed by atoms with E-state index in [1.54, 1.807) is 0 Å². The molecule has 0 radical (unpaired) electrons. The topological polar surface area (TPSA) is 65.7 Å². The number of rotatable bonds is 5. The number of carbonyl (C=O) groups is 2. The van der Waals surface area contributed by atoms with Gasteiger partial charge >= 0.3 is 11.9 Å². The highest BCUT2D eigenvalue weighted by atomic mass is 16.5. The predicted molar refractivity (Wildman–Crippen MR) is 64.5 cm³/mol. The van der Waals surface area contributed by atoms with Gasteiger partial charge < -0.3 is 13.9 Å². The van der Waals surface area contributed by atoms with Crippen LogP contribution < -0.4 is 0 Å². The van der Waals surface area contributed by atoms with Crippen LogP contribution in [0.15, 0.2) is 4.42 Å². The minimum absolute atomic E-state index is 0.177. The van der Waals surface area contributed by atoms with Gasteiger partial charge in [-0.15, -0.1) is 0 Å². The van der Waals surface area contributed by atoms with E-state index < -0.39 is 5.97 Å². The Kier molecular flexibility index (Phi) is 4.95. The molecule has 0 saturated heterocycles. The molecule has 0 unspecified atom stereocenters. The summed E-state index contributed by atoms with van der Waals surface area (Å²) in [5, 5.41) is 0. The average molecular weight is 254 g/mol. The molecule has 1 aromatic heterocycles. The van der Waals surface area contributed by atoms with Crippen molar-refractivity contribution < 1.29 is 23.5 Å². The summed E-state index contributed by atoms with van der Waals surface area (Å²) in [6, 6.07) is 0. The van der Waals surface area contributed by atoms with Crippen LogP contribution in [0.2, 0.25) is 0 Å². The summed E-state index contributed by atoms with van der Waals surface area (Å²) in [4.78, 5) is 22.8. The van der Waals surface area contributed by atoms with Crippen LogP contribution in [0.1, 0.15) is 40.8 Å². The molecule has 5 nitrogen and oxygen atoms in total. The van der Waals surface area contributed by atoms with E-state index >= 15 is 0 Å². The molecular formula is C13H18O5. The van der Waals surface area contributed by atoms with Gasteiger partial charge in [-0.3, -0.25) is 4.79 Å². The monoisotopic (exact) mass is 254 g/mol. The zero-order chi connectivity index (χ0) is 13.7. The molecule has 0 aliphatic heterocycles.